The highest BCUT2D eigenvalue weighted by atomic mass is 28.4. The fourth-order valence-corrected chi connectivity index (χ4v) is 4.41. The highest BCUT2D eigenvalue weighted by Crippen LogP contribution is 2.43. The fraction of sp³-hybridized carbons (Fsp3) is 0.778. The number of aryl methyl sites for hydroxylation is 1. The third-order valence-electron chi connectivity index (χ3n) is 5.75. The number of hydrogen-bond acceptors (Lipinski definition) is 5. The van der Waals surface area contributed by atoms with Crippen molar-refractivity contribution in [3.63, 3.8) is 0 Å². The van der Waals surface area contributed by atoms with E-state index < -0.39 is 44.1 Å². The average Bonchev–Trinajstić information content (AvgIpc) is 2.79. The van der Waals surface area contributed by atoms with Crippen molar-refractivity contribution in [2.75, 3.05) is 0 Å². The van der Waals surface area contributed by atoms with Crippen LogP contribution < -0.4 is 11.2 Å². The second-order valence-electron chi connectivity index (χ2n) is 8.91. The Bertz CT molecular complexity index is 762. The van der Waals surface area contributed by atoms with Gasteiger partial charge in [-0.05, 0) is 32.0 Å². The van der Waals surface area contributed by atoms with Crippen molar-refractivity contribution in [2.24, 2.45) is 5.92 Å². The van der Waals surface area contributed by atoms with E-state index in [9.17, 15) is 14.7 Å². The monoisotopic (exact) mass is 384 g/mol. The van der Waals surface area contributed by atoms with Crippen LogP contribution in [0.1, 0.15) is 46.4 Å². The lowest BCUT2D eigenvalue weighted by Crippen LogP contribution is -2.48. The lowest BCUT2D eigenvalue weighted by atomic mass is 9.97. The van der Waals surface area contributed by atoms with Gasteiger partial charge in [-0.25, -0.2) is 4.79 Å². The average molecular weight is 385 g/mol. The molecule has 0 aromatic carbocycles. The minimum absolute atomic E-state index is 0.00787. The summed E-state index contributed by atoms with van der Waals surface area (Å²) in [6, 6.07) is 0. The SMILES string of the molecule is Cc1cn([C@@H]2O[C@H](C(C)O)C(C)C2O[Si](C)(C)C(C)(C)C)c(=O)[nH]c1=O. The van der Waals surface area contributed by atoms with Crippen LogP contribution in [0.5, 0.6) is 0 Å². The third-order valence-corrected chi connectivity index (χ3v) is 10.2. The predicted octanol–water partition coefficient (Wildman–Crippen LogP) is 2.15. The standard InChI is InChI=1S/C18H32N2O5Si/c1-10-9-20(17(23)19-15(10)22)16-14(11(2)13(24-16)12(3)21)25-26(7,8)18(4,5)6/h9,11-14,16,21H,1-8H3,(H,19,22,23)/t11?,12?,13-,14?,16+/m0/s1. The first kappa shape index (κ1) is 21.1. The number of H-pyrrole nitrogens is 1. The molecular weight excluding hydrogens is 352 g/mol. The molecule has 1 aliphatic heterocycles. The summed E-state index contributed by atoms with van der Waals surface area (Å²) < 4.78 is 14.0. The molecule has 0 saturated carbocycles. The Morgan fingerprint density at radius 2 is 1.92 bits per heavy atom. The van der Waals surface area contributed by atoms with Crippen LogP contribution in [0, 0.1) is 12.8 Å². The van der Waals surface area contributed by atoms with Crippen molar-refractivity contribution in [1.29, 1.82) is 0 Å². The van der Waals surface area contributed by atoms with Crippen LogP contribution in [-0.2, 0) is 9.16 Å². The minimum atomic E-state index is -2.14. The lowest BCUT2D eigenvalue weighted by Gasteiger charge is -2.40. The Labute approximate surface area is 155 Å². The number of nitrogens with one attached hydrogen (secondary N) is 1. The van der Waals surface area contributed by atoms with Gasteiger partial charge in [0.25, 0.3) is 5.56 Å². The molecule has 1 fully saturated rings. The summed E-state index contributed by atoms with van der Waals surface area (Å²) in [6.07, 6.45) is -0.723. The largest absolute Gasteiger partial charge is 0.409 e. The van der Waals surface area contributed by atoms with Crippen LogP contribution >= 0.6 is 0 Å². The van der Waals surface area contributed by atoms with Crippen molar-refractivity contribution in [3.05, 3.63) is 32.6 Å². The zero-order valence-electron chi connectivity index (χ0n) is 17.0. The second-order valence-corrected chi connectivity index (χ2v) is 13.7. The van der Waals surface area contributed by atoms with E-state index >= 15 is 0 Å². The zero-order chi connectivity index (χ0) is 20.0. The number of hydrogen-bond donors (Lipinski definition) is 2. The summed E-state index contributed by atoms with van der Waals surface area (Å²) in [4.78, 5) is 26.4. The van der Waals surface area contributed by atoms with E-state index in [-0.39, 0.29) is 11.0 Å². The van der Waals surface area contributed by atoms with E-state index in [1.54, 1.807) is 13.8 Å². The zero-order valence-corrected chi connectivity index (χ0v) is 18.0. The Balaban J connectivity index is 2.50. The van der Waals surface area contributed by atoms with Crippen LogP contribution in [0.3, 0.4) is 0 Å². The second kappa shape index (κ2) is 7.07. The molecule has 5 atom stereocenters. The van der Waals surface area contributed by atoms with Crippen LogP contribution in [-0.4, -0.2) is 41.3 Å². The summed E-state index contributed by atoms with van der Waals surface area (Å²) in [5.74, 6) is -0.103. The molecule has 0 aliphatic carbocycles. The summed E-state index contributed by atoms with van der Waals surface area (Å²) in [5, 5.41) is 10.1. The molecule has 1 aromatic rings. The van der Waals surface area contributed by atoms with Crippen molar-refractivity contribution < 1.29 is 14.3 Å². The van der Waals surface area contributed by atoms with Gasteiger partial charge in [0, 0.05) is 17.7 Å². The summed E-state index contributed by atoms with van der Waals surface area (Å²) in [6.45, 7) is 16.0. The lowest BCUT2D eigenvalue weighted by molar-refractivity contribution is -0.0735. The predicted molar refractivity (Wildman–Crippen MR) is 103 cm³/mol. The minimum Gasteiger partial charge on any atom is -0.409 e. The molecule has 2 N–H and O–H groups in total. The van der Waals surface area contributed by atoms with Gasteiger partial charge in [-0.2, -0.15) is 0 Å². The molecule has 0 bridgehead atoms. The Hall–Kier alpha value is -1.22. The van der Waals surface area contributed by atoms with Crippen molar-refractivity contribution in [1.82, 2.24) is 9.55 Å². The van der Waals surface area contributed by atoms with Gasteiger partial charge in [0.2, 0.25) is 0 Å². The number of nitrogens with zero attached hydrogens (tertiary/aromatic N) is 1. The highest BCUT2D eigenvalue weighted by Gasteiger charge is 2.50. The maximum absolute atomic E-state index is 12.4. The molecule has 0 amide bonds. The Kier molecular flexibility index (Phi) is 5.73. The van der Waals surface area contributed by atoms with Gasteiger partial charge >= 0.3 is 5.69 Å². The summed E-state index contributed by atoms with van der Waals surface area (Å²) >= 11 is 0. The molecule has 1 aliphatic rings. The van der Waals surface area contributed by atoms with Gasteiger partial charge in [0.15, 0.2) is 14.5 Å². The molecule has 2 heterocycles. The van der Waals surface area contributed by atoms with Crippen molar-refractivity contribution >= 4 is 8.32 Å². The number of aliphatic hydroxyl groups excluding tert-OH is 1. The Morgan fingerprint density at radius 1 is 1.35 bits per heavy atom. The van der Waals surface area contributed by atoms with Gasteiger partial charge < -0.3 is 14.3 Å². The van der Waals surface area contributed by atoms with E-state index in [0.29, 0.717) is 5.56 Å². The van der Waals surface area contributed by atoms with E-state index in [0.717, 1.165) is 0 Å². The molecule has 0 spiro atoms. The fourth-order valence-electron chi connectivity index (χ4n) is 3.04. The van der Waals surface area contributed by atoms with E-state index in [2.05, 4.69) is 38.8 Å². The molecule has 1 aromatic heterocycles. The maximum atomic E-state index is 12.4. The normalized spacial score (nSPS) is 28.3. The Morgan fingerprint density at radius 3 is 2.42 bits per heavy atom. The number of rotatable bonds is 4. The molecule has 26 heavy (non-hydrogen) atoms. The molecule has 1 saturated heterocycles. The molecule has 0 radical (unpaired) electrons. The molecule has 3 unspecified atom stereocenters. The van der Waals surface area contributed by atoms with Crippen molar-refractivity contribution in [2.45, 2.75) is 84.2 Å². The molecule has 2 rings (SSSR count). The number of aliphatic hydroxyl groups is 1. The van der Waals surface area contributed by atoms with E-state index in [4.69, 9.17) is 9.16 Å². The number of aromatic nitrogens is 2. The first-order valence-corrected chi connectivity index (χ1v) is 12.0. The van der Waals surface area contributed by atoms with E-state index in [1.165, 1.54) is 10.8 Å². The van der Waals surface area contributed by atoms with Crippen LogP contribution in [0.25, 0.3) is 0 Å². The van der Waals surface area contributed by atoms with Gasteiger partial charge in [0.05, 0.1) is 18.3 Å². The number of aromatic amines is 1. The first-order valence-electron chi connectivity index (χ1n) is 9.09. The molecule has 7 nitrogen and oxygen atoms in total. The van der Waals surface area contributed by atoms with E-state index in [1.807, 2.05) is 6.92 Å². The quantitative estimate of drug-likeness (QED) is 0.776. The van der Waals surface area contributed by atoms with Crippen LogP contribution in [0.4, 0.5) is 0 Å². The summed E-state index contributed by atoms with van der Waals surface area (Å²) in [7, 11) is -2.14. The smallest absolute Gasteiger partial charge is 0.330 e. The molecule has 8 heteroatoms. The van der Waals surface area contributed by atoms with Gasteiger partial charge in [-0.1, -0.05) is 27.7 Å². The first-order chi connectivity index (χ1) is 11.8. The number of ether oxygens (including phenoxy) is 1. The summed E-state index contributed by atoms with van der Waals surface area (Å²) in [5.41, 5.74) is -0.522. The van der Waals surface area contributed by atoms with Gasteiger partial charge in [0.1, 0.15) is 0 Å². The van der Waals surface area contributed by atoms with Crippen molar-refractivity contribution in [3.8, 4) is 0 Å². The van der Waals surface area contributed by atoms with Gasteiger partial charge in [-0.3, -0.25) is 14.3 Å². The maximum Gasteiger partial charge on any atom is 0.330 e. The highest BCUT2D eigenvalue weighted by molar-refractivity contribution is 6.74. The van der Waals surface area contributed by atoms with Crippen LogP contribution in [0.2, 0.25) is 18.1 Å². The van der Waals surface area contributed by atoms with Gasteiger partial charge in [-0.15, -0.1) is 0 Å². The molecular formula is C18H32N2O5Si. The molecule has 148 valence electrons. The topological polar surface area (TPSA) is 93.6 Å². The third kappa shape index (κ3) is 3.88. The van der Waals surface area contributed by atoms with Crippen LogP contribution in [0.15, 0.2) is 15.8 Å².